The first-order chi connectivity index (χ1) is 8.59. The van der Waals surface area contributed by atoms with E-state index < -0.39 is 12.6 Å². The molecule has 3 rings (SSSR count). The summed E-state index contributed by atoms with van der Waals surface area (Å²) in [6.45, 7) is 1.78. The fraction of sp³-hybridized carbons (Fsp3) is 0.286. The van der Waals surface area contributed by atoms with Crippen LogP contribution in [0, 0.1) is 6.92 Å². The summed E-state index contributed by atoms with van der Waals surface area (Å²) < 4.78 is 5.05. The molecular formula is C14H14O4. The van der Waals surface area contributed by atoms with E-state index >= 15 is 0 Å². The zero-order valence-electron chi connectivity index (χ0n) is 9.92. The highest BCUT2D eigenvalue weighted by Crippen LogP contribution is 2.41. The summed E-state index contributed by atoms with van der Waals surface area (Å²) in [4.78, 5) is 0. The Balaban J connectivity index is 2.42. The van der Waals surface area contributed by atoms with Crippen molar-refractivity contribution in [3.8, 4) is 5.75 Å². The van der Waals surface area contributed by atoms with Crippen LogP contribution in [0.2, 0.25) is 0 Å². The van der Waals surface area contributed by atoms with Gasteiger partial charge in [-0.2, -0.15) is 0 Å². The average molecular weight is 246 g/mol. The number of hydrogen-bond acceptors (Lipinski definition) is 4. The standard InChI is InChI=1S/C14H14O4/c1-7-10-6-11(15)18-14(17)12(10)8-4-2-3-5-9(8)13(7)16/h2-5,11,14-17H,6H2,1H3. The van der Waals surface area contributed by atoms with Crippen LogP contribution in [0.25, 0.3) is 10.8 Å². The summed E-state index contributed by atoms with van der Waals surface area (Å²) >= 11 is 0. The molecule has 0 radical (unpaired) electrons. The van der Waals surface area contributed by atoms with Crippen LogP contribution < -0.4 is 0 Å². The van der Waals surface area contributed by atoms with E-state index in [1.165, 1.54) is 0 Å². The smallest absolute Gasteiger partial charge is 0.185 e. The highest BCUT2D eigenvalue weighted by Gasteiger charge is 2.29. The molecule has 0 spiro atoms. The minimum Gasteiger partial charge on any atom is -0.507 e. The largest absolute Gasteiger partial charge is 0.507 e. The van der Waals surface area contributed by atoms with Gasteiger partial charge in [0.2, 0.25) is 0 Å². The van der Waals surface area contributed by atoms with Crippen molar-refractivity contribution < 1.29 is 20.1 Å². The summed E-state index contributed by atoms with van der Waals surface area (Å²) in [5.74, 6) is 0.200. The van der Waals surface area contributed by atoms with Gasteiger partial charge in [-0.1, -0.05) is 24.3 Å². The average Bonchev–Trinajstić information content (AvgIpc) is 2.35. The summed E-state index contributed by atoms with van der Waals surface area (Å²) in [5, 5.41) is 31.2. The molecule has 0 fully saturated rings. The Morgan fingerprint density at radius 3 is 2.56 bits per heavy atom. The molecule has 0 bridgehead atoms. The topological polar surface area (TPSA) is 69.9 Å². The van der Waals surface area contributed by atoms with Crippen LogP contribution in [0.1, 0.15) is 23.0 Å². The van der Waals surface area contributed by atoms with Gasteiger partial charge in [-0.25, -0.2) is 0 Å². The van der Waals surface area contributed by atoms with E-state index in [0.717, 1.165) is 10.9 Å². The Bertz CT molecular complexity index is 621. The minimum absolute atomic E-state index is 0.200. The van der Waals surface area contributed by atoms with Crippen LogP contribution in [0.15, 0.2) is 24.3 Å². The Kier molecular flexibility index (Phi) is 2.52. The van der Waals surface area contributed by atoms with Crippen LogP contribution in [-0.2, 0) is 11.2 Å². The quantitative estimate of drug-likeness (QED) is 0.662. The van der Waals surface area contributed by atoms with Crippen LogP contribution >= 0.6 is 0 Å². The van der Waals surface area contributed by atoms with E-state index in [4.69, 9.17) is 4.74 Å². The summed E-state index contributed by atoms with van der Waals surface area (Å²) in [7, 11) is 0. The maximum absolute atomic E-state index is 10.2. The van der Waals surface area contributed by atoms with Gasteiger partial charge in [-0.3, -0.25) is 0 Å². The van der Waals surface area contributed by atoms with Gasteiger partial charge in [0.05, 0.1) is 0 Å². The van der Waals surface area contributed by atoms with Crippen molar-refractivity contribution in [2.24, 2.45) is 0 Å². The second-order valence-corrected chi connectivity index (χ2v) is 4.56. The molecule has 1 aliphatic heterocycles. The SMILES string of the molecule is Cc1c2c(c3ccccc3c1O)C(O)OC(O)C2. The van der Waals surface area contributed by atoms with Crippen LogP contribution in [0.3, 0.4) is 0 Å². The molecule has 1 heterocycles. The summed E-state index contributed by atoms with van der Waals surface area (Å²) in [6.07, 6.45) is -1.92. The van der Waals surface area contributed by atoms with Gasteiger partial charge in [0.15, 0.2) is 12.6 Å². The lowest BCUT2D eigenvalue weighted by atomic mass is 9.90. The normalized spacial score (nSPS) is 23.1. The van der Waals surface area contributed by atoms with E-state index in [0.29, 0.717) is 16.5 Å². The first kappa shape index (κ1) is 11.5. The first-order valence-corrected chi connectivity index (χ1v) is 5.84. The number of benzene rings is 2. The fourth-order valence-corrected chi connectivity index (χ4v) is 2.62. The number of ether oxygens (including phenoxy) is 1. The molecule has 2 atom stereocenters. The Morgan fingerprint density at radius 2 is 1.83 bits per heavy atom. The zero-order chi connectivity index (χ0) is 12.9. The number of aromatic hydroxyl groups is 1. The van der Waals surface area contributed by atoms with E-state index in [2.05, 4.69) is 0 Å². The molecular weight excluding hydrogens is 232 g/mol. The Hall–Kier alpha value is -1.62. The molecule has 4 nitrogen and oxygen atoms in total. The monoisotopic (exact) mass is 246 g/mol. The summed E-state index contributed by atoms with van der Waals surface area (Å²) in [5.41, 5.74) is 2.09. The van der Waals surface area contributed by atoms with Crippen molar-refractivity contribution in [1.82, 2.24) is 0 Å². The predicted octanol–water partition coefficient (Wildman–Crippen LogP) is 1.74. The highest BCUT2D eigenvalue weighted by molar-refractivity contribution is 5.93. The molecule has 3 N–H and O–H groups in total. The van der Waals surface area contributed by atoms with Crippen molar-refractivity contribution in [2.75, 3.05) is 0 Å². The molecule has 0 amide bonds. The van der Waals surface area contributed by atoms with Gasteiger partial charge < -0.3 is 20.1 Å². The molecule has 4 heteroatoms. The van der Waals surface area contributed by atoms with E-state index in [1.54, 1.807) is 13.0 Å². The Labute approximate surface area is 104 Å². The molecule has 2 unspecified atom stereocenters. The molecule has 1 aliphatic rings. The highest BCUT2D eigenvalue weighted by atomic mass is 16.7. The number of aliphatic hydroxyl groups is 2. The lowest BCUT2D eigenvalue weighted by Gasteiger charge is -2.29. The lowest BCUT2D eigenvalue weighted by molar-refractivity contribution is -0.218. The molecule has 94 valence electrons. The molecule has 0 saturated heterocycles. The predicted molar refractivity (Wildman–Crippen MR) is 66.1 cm³/mol. The second-order valence-electron chi connectivity index (χ2n) is 4.56. The first-order valence-electron chi connectivity index (χ1n) is 5.84. The minimum atomic E-state index is -1.16. The number of aliphatic hydroxyl groups excluding tert-OH is 2. The number of rotatable bonds is 0. The third-order valence-electron chi connectivity index (χ3n) is 3.52. The molecule has 0 saturated carbocycles. The summed E-state index contributed by atoms with van der Waals surface area (Å²) in [6, 6.07) is 7.31. The maximum atomic E-state index is 10.2. The third kappa shape index (κ3) is 1.50. The molecule has 0 aromatic heterocycles. The van der Waals surface area contributed by atoms with Crippen LogP contribution in [-0.4, -0.2) is 21.6 Å². The zero-order valence-corrected chi connectivity index (χ0v) is 9.92. The van der Waals surface area contributed by atoms with Crippen molar-refractivity contribution in [3.05, 3.63) is 41.0 Å². The van der Waals surface area contributed by atoms with Gasteiger partial charge in [0.25, 0.3) is 0 Å². The fourth-order valence-electron chi connectivity index (χ4n) is 2.62. The van der Waals surface area contributed by atoms with E-state index in [1.807, 2.05) is 18.2 Å². The van der Waals surface area contributed by atoms with Crippen LogP contribution in [0.4, 0.5) is 0 Å². The molecule has 0 aliphatic carbocycles. The van der Waals surface area contributed by atoms with Gasteiger partial charge in [-0.05, 0) is 23.4 Å². The number of phenolic OH excluding ortho intramolecular Hbond substituents is 1. The van der Waals surface area contributed by atoms with Gasteiger partial charge in [0, 0.05) is 17.4 Å². The Morgan fingerprint density at radius 1 is 1.17 bits per heavy atom. The number of hydrogen-bond donors (Lipinski definition) is 3. The maximum Gasteiger partial charge on any atom is 0.185 e. The van der Waals surface area contributed by atoms with Crippen LogP contribution in [0.5, 0.6) is 5.75 Å². The third-order valence-corrected chi connectivity index (χ3v) is 3.52. The van der Waals surface area contributed by atoms with Gasteiger partial charge >= 0.3 is 0 Å². The van der Waals surface area contributed by atoms with Gasteiger partial charge in [-0.15, -0.1) is 0 Å². The van der Waals surface area contributed by atoms with Crippen molar-refractivity contribution in [1.29, 1.82) is 0 Å². The van der Waals surface area contributed by atoms with E-state index in [-0.39, 0.29) is 12.2 Å². The molecule has 2 aromatic carbocycles. The van der Waals surface area contributed by atoms with Crippen molar-refractivity contribution in [2.45, 2.75) is 25.9 Å². The number of fused-ring (bicyclic) bond motifs is 3. The molecule has 18 heavy (non-hydrogen) atoms. The van der Waals surface area contributed by atoms with Gasteiger partial charge in [0.1, 0.15) is 5.75 Å². The van der Waals surface area contributed by atoms with Crippen molar-refractivity contribution in [3.63, 3.8) is 0 Å². The second kappa shape index (κ2) is 3.95. The molecule has 2 aromatic rings. The van der Waals surface area contributed by atoms with Crippen molar-refractivity contribution >= 4 is 10.8 Å². The van der Waals surface area contributed by atoms with E-state index in [9.17, 15) is 15.3 Å². The number of phenols is 1. The lowest BCUT2D eigenvalue weighted by Crippen LogP contribution is -2.26.